The molecule has 120 valence electrons. The maximum atomic E-state index is 12.0. The molecule has 1 amide bonds. The summed E-state index contributed by atoms with van der Waals surface area (Å²) in [6, 6.07) is 7.86. The number of H-pyrrole nitrogens is 1. The number of aromatic amines is 1. The van der Waals surface area contributed by atoms with Gasteiger partial charge in [-0.1, -0.05) is 18.2 Å². The van der Waals surface area contributed by atoms with Crippen molar-refractivity contribution in [3.05, 3.63) is 30.0 Å². The Hall–Kier alpha value is -1.59. The molecule has 22 heavy (non-hydrogen) atoms. The lowest BCUT2D eigenvalue weighted by molar-refractivity contribution is -0.120. The van der Waals surface area contributed by atoms with Gasteiger partial charge < -0.3 is 10.6 Å². The van der Waals surface area contributed by atoms with Crippen LogP contribution in [0.3, 0.4) is 0 Å². The van der Waals surface area contributed by atoms with Gasteiger partial charge in [-0.2, -0.15) is 5.10 Å². The summed E-state index contributed by atoms with van der Waals surface area (Å²) in [5.41, 5.74) is 1.80. The minimum atomic E-state index is 0. The molecular weight excluding hydrogens is 300 g/mol. The lowest BCUT2D eigenvalue weighted by Crippen LogP contribution is -2.33. The number of hydrogen-bond acceptors (Lipinski definition) is 3. The Morgan fingerprint density at radius 2 is 2.23 bits per heavy atom. The van der Waals surface area contributed by atoms with Gasteiger partial charge in [0, 0.05) is 11.9 Å². The lowest BCUT2D eigenvalue weighted by atomic mass is 9.96. The smallest absolute Gasteiger partial charge is 0.226 e. The highest BCUT2D eigenvalue weighted by molar-refractivity contribution is 5.87. The molecule has 2 heterocycles. The number of para-hydroxylation sites is 1. The van der Waals surface area contributed by atoms with Crippen LogP contribution in [-0.2, 0) is 11.2 Å². The molecule has 1 saturated heterocycles. The Morgan fingerprint density at radius 1 is 1.36 bits per heavy atom. The second kappa shape index (κ2) is 8.15. The Kier molecular flexibility index (Phi) is 6.21. The molecule has 0 radical (unpaired) electrons. The number of halogens is 1. The summed E-state index contributed by atoms with van der Waals surface area (Å²) in [7, 11) is 0. The zero-order valence-electron chi connectivity index (χ0n) is 12.6. The standard InChI is InChI=1S/C16H22N4O.ClH/c21-16(18-9-7-12-4-3-8-17-11-12)10-15-13-5-1-2-6-14(13)19-20-15;/h1-2,5-6,12,17H,3-4,7-11H2,(H,18,21)(H,19,20);1H. The second-order valence-corrected chi connectivity index (χ2v) is 5.75. The van der Waals surface area contributed by atoms with Crippen LogP contribution in [0.2, 0.25) is 0 Å². The summed E-state index contributed by atoms with van der Waals surface area (Å²) >= 11 is 0. The maximum absolute atomic E-state index is 12.0. The van der Waals surface area contributed by atoms with E-state index in [1.807, 2.05) is 24.3 Å². The zero-order chi connectivity index (χ0) is 14.5. The zero-order valence-corrected chi connectivity index (χ0v) is 13.4. The summed E-state index contributed by atoms with van der Waals surface area (Å²) in [5, 5.41) is 14.6. The van der Waals surface area contributed by atoms with Gasteiger partial charge in [0.1, 0.15) is 0 Å². The van der Waals surface area contributed by atoms with E-state index in [9.17, 15) is 4.79 Å². The van der Waals surface area contributed by atoms with Crippen LogP contribution >= 0.6 is 12.4 Å². The number of carbonyl (C=O) groups excluding carboxylic acids is 1. The van der Waals surface area contributed by atoms with Crippen molar-refractivity contribution in [3.8, 4) is 0 Å². The maximum Gasteiger partial charge on any atom is 0.226 e. The van der Waals surface area contributed by atoms with Crippen molar-refractivity contribution in [3.63, 3.8) is 0 Å². The molecule has 0 saturated carbocycles. The van der Waals surface area contributed by atoms with E-state index in [0.29, 0.717) is 12.3 Å². The van der Waals surface area contributed by atoms with E-state index in [0.717, 1.165) is 42.7 Å². The summed E-state index contributed by atoms with van der Waals surface area (Å²) in [5.74, 6) is 0.764. The topological polar surface area (TPSA) is 69.8 Å². The number of amides is 1. The highest BCUT2D eigenvalue weighted by atomic mass is 35.5. The Labute approximate surface area is 136 Å². The molecule has 3 N–H and O–H groups in total. The van der Waals surface area contributed by atoms with E-state index in [1.165, 1.54) is 12.8 Å². The van der Waals surface area contributed by atoms with Crippen LogP contribution < -0.4 is 10.6 Å². The largest absolute Gasteiger partial charge is 0.356 e. The summed E-state index contributed by atoms with van der Waals surface area (Å²) in [4.78, 5) is 12.0. The predicted octanol–water partition coefficient (Wildman–Crippen LogP) is 2.03. The van der Waals surface area contributed by atoms with Crippen LogP contribution in [0.1, 0.15) is 25.0 Å². The third-order valence-electron chi connectivity index (χ3n) is 4.15. The molecule has 1 aliphatic heterocycles. The van der Waals surface area contributed by atoms with Gasteiger partial charge in [-0.3, -0.25) is 9.89 Å². The minimum Gasteiger partial charge on any atom is -0.356 e. The van der Waals surface area contributed by atoms with Crippen molar-refractivity contribution in [2.45, 2.75) is 25.7 Å². The predicted molar refractivity (Wildman–Crippen MR) is 90.3 cm³/mol. The highest BCUT2D eigenvalue weighted by Gasteiger charge is 2.13. The summed E-state index contributed by atoms with van der Waals surface area (Å²) in [6.45, 7) is 2.98. The first-order valence-electron chi connectivity index (χ1n) is 7.72. The number of carbonyl (C=O) groups is 1. The van der Waals surface area contributed by atoms with Gasteiger partial charge >= 0.3 is 0 Å². The molecule has 1 aliphatic rings. The number of fused-ring (bicyclic) bond motifs is 1. The summed E-state index contributed by atoms with van der Waals surface area (Å²) in [6.07, 6.45) is 3.94. The molecular formula is C16H23ClN4O. The van der Waals surface area contributed by atoms with Crippen molar-refractivity contribution in [1.29, 1.82) is 0 Å². The van der Waals surface area contributed by atoms with Crippen LogP contribution in [-0.4, -0.2) is 35.7 Å². The lowest BCUT2D eigenvalue weighted by Gasteiger charge is -2.22. The van der Waals surface area contributed by atoms with Crippen LogP contribution in [0, 0.1) is 5.92 Å². The number of nitrogens with zero attached hydrogens (tertiary/aromatic N) is 1. The van der Waals surface area contributed by atoms with Gasteiger partial charge in [-0.15, -0.1) is 12.4 Å². The van der Waals surface area contributed by atoms with Crippen molar-refractivity contribution in [2.24, 2.45) is 5.92 Å². The number of rotatable bonds is 5. The first kappa shape index (κ1) is 16.8. The molecule has 0 aliphatic carbocycles. The molecule has 1 atom stereocenters. The van der Waals surface area contributed by atoms with Gasteiger partial charge in [-0.25, -0.2) is 0 Å². The van der Waals surface area contributed by atoms with E-state index in [2.05, 4.69) is 20.8 Å². The first-order chi connectivity index (χ1) is 10.3. The van der Waals surface area contributed by atoms with E-state index < -0.39 is 0 Å². The van der Waals surface area contributed by atoms with E-state index in [4.69, 9.17) is 0 Å². The molecule has 1 unspecified atom stereocenters. The van der Waals surface area contributed by atoms with Crippen molar-refractivity contribution in [1.82, 2.24) is 20.8 Å². The minimum absolute atomic E-state index is 0. The van der Waals surface area contributed by atoms with Crippen LogP contribution in [0.25, 0.3) is 10.9 Å². The van der Waals surface area contributed by atoms with E-state index in [1.54, 1.807) is 0 Å². The van der Waals surface area contributed by atoms with Crippen LogP contribution in [0.5, 0.6) is 0 Å². The van der Waals surface area contributed by atoms with Crippen molar-refractivity contribution in [2.75, 3.05) is 19.6 Å². The third kappa shape index (κ3) is 4.21. The van der Waals surface area contributed by atoms with Gasteiger partial charge in [-0.05, 0) is 44.3 Å². The average molecular weight is 323 g/mol. The molecule has 6 heteroatoms. The molecule has 1 aromatic heterocycles. The highest BCUT2D eigenvalue weighted by Crippen LogP contribution is 2.15. The second-order valence-electron chi connectivity index (χ2n) is 5.75. The van der Waals surface area contributed by atoms with Crippen molar-refractivity contribution < 1.29 is 4.79 Å². The first-order valence-corrected chi connectivity index (χ1v) is 7.72. The molecule has 5 nitrogen and oxygen atoms in total. The van der Waals surface area contributed by atoms with E-state index >= 15 is 0 Å². The quantitative estimate of drug-likeness (QED) is 0.789. The van der Waals surface area contributed by atoms with Crippen LogP contribution in [0.4, 0.5) is 0 Å². The Bertz CT molecular complexity index is 607. The number of piperidine rings is 1. The normalized spacial score (nSPS) is 17.9. The van der Waals surface area contributed by atoms with Gasteiger partial charge in [0.05, 0.1) is 17.6 Å². The van der Waals surface area contributed by atoms with Crippen molar-refractivity contribution >= 4 is 29.2 Å². The third-order valence-corrected chi connectivity index (χ3v) is 4.15. The molecule has 2 aromatic rings. The number of aromatic nitrogens is 2. The fourth-order valence-corrected chi connectivity index (χ4v) is 2.96. The summed E-state index contributed by atoms with van der Waals surface area (Å²) < 4.78 is 0. The fourth-order valence-electron chi connectivity index (χ4n) is 2.96. The van der Waals surface area contributed by atoms with Crippen LogP contribution in [0.15, 0.2) is 24.3 Å². The van der Waals surface area contributed by atoms with E-state index in [-0.39, 0.29) is 18.3 Å². The average Bonchev–Trinajstić information content (AvgIpc) is 2.92. The molecule has 0 spiro atoms. The van der Waals surface area contributed by atoms with Gasteiger partial charge in [0.15, 0.2) is 0 Å². The molecule has 1 aromatic carbocycles. The Balaban J connectivity index is 0.00000176. The fraction of sp³-hybridized carbons (Fsp3) is 0.500. The number of nitrogens with one attached hydrogen (secondary N) is 3. The molecule has 0 bridgehead atoms. The number of benzene rings is 1. The Morgan fingerprint density at radius 3 is 3.05 bits per heavy atom. The van der Waals surface area contributed by atoms with Gasteiger partial charge in [0.25, 0.3) is 0 Å². The van der Waals surface area contributed by atoms with Gasteiger partial charge in [0.2, 0.25) is 5.91 Å². The SMILES string of the molecule is Cl.O=C(Cc1[nH]nc2ccccc12)NCCC1CCCNC1. The molecule has 1 fully saturated rings. The number of hydrogen-bond donors (Lipinski definition) is 3. The monoisotopic (exact) mass is 322 g/mol. The molecule has 3 rings (SSSR count).